The fraction of sp³-hybridized carbons (Fsp3) is 0.364. The van der Waals surface area contributed by atoms with Crippen molar-refractivity contribution in [1.29, 1.82) is 0 Å². The zero-order valence-corrected chi connectivity index (χ0v) is 19.9. The molecular formula is C22H22ClN3O6S. The van der Waals surface area contributed by atoms with Crippen LogP contribution in [0.2, 0.25) is 5.02 Å². The lowest BCUT2D eigenvalue weighted by atomic mass is 9.96. The monoisotopic (exact) mass is 491 g/mol. The van der Waals surface area contributed by atoms with Crippen molar-refractivity contribution >= 4 is 44.7 Å². The van der Waals surface area contributed by atoms with Crippen LogP contribution in [0.1, 0.15) is 34.1 Å². The maximum Gasteiger partial charge on any atom is 0.327 e. The Labute approximate surface area is 199 Å². The standard InChI is InChI=1S/C22H22ClN3O6S/c1-30-16-11-14(18(26(28)29)20(32-3)19(16)31-2)22(27)25-8-6-12(7-9-25)21-24-15-10-13(23)4-5-17(15)33-21/h4-5,10-12H,6-9H2,1-3H3. The Morgan fingerprint density at radius 1 is 1.15 bits per heavy atom. The summed E-state index contributed by atoms with van der Waals surface area (Å²) in [6.45, 7) is 0.905. The molecule has 1 aliphatic heterocycles. The second kappa shape index (κ2) is 9.40. The number of thiazole rings is 1. The normalized spacial score (nSPS) is 14.4. The predicted octanol–water partition coefficient (Wildman–Crippen LogP) is 4.90. The van der Waals surface area contributed by atoms with Gasteiger partial charge in [-0.15, -0.1) is 11.3 Å². The van der Waals surface area contributed by atoms with Gasteiger partial charge in [-0.25, -0.2) is 4.98 Å². The highest BCUT2D eigenvalue weighted by molar-refractivity contribution is 7.18. The minimum Gasteiger partial charge on any atom is -0.493 e. The lowest BCUT2D eigenvalue weighted by Crippen LogP contribution is -2.38. The number of rotatable bonds is 6. The number of methoxy groups -OCH3 is 3. The van der Waals surface area contributed by atoms with E-state index in [1.807, 2.05) is 18.2 Å². The first kappa shape index (κ1) is 23.1. The number of amides is 1. The first-order valence-electron chi connectivity index (χ1n) is 10.2. The van der Waals surface area contributed by atoms with E-state index >= 15 is 0 Å². The molecule has 1 aliphatic rings. The van der Waals surface area contributed by atoms with Crippen LogP contribution in [0.15, 0.2) is 24.3 Å². The van der Waals surface area contributed by atoms with Gasteiger partial charge in [0.05, 0.1) is 41.5 Å². The Hall–Kier alpha value is -3.11. The number of fused-ring (bicyclic) bond motifs is 1. The molecule has 33 heavy (non-hydrogen) atoms. The van der Waals surface area contributed by atoms with E-state index in [9.17, 15) is 14.9 Å². The van der Waals surface area contributed by atoms with Crippen LogP contribution in [0.4, 0.5) is 5.69 Å². The highest BCUT2D eigenvalue weighted by Crippen LogP contribution is 2.47. The molecule has 0 unspecified atom stereocenters. The summed E-state index contributed by atoms with van der Waals surface area (Å²) in [5.74, 6) is -0.131. The maximum absolute atomic E-state index is 13.3. The molecule has 1 fully saturated rings. The van der Waals surface area contributed by atoms with Crippen molar-refractivity contribution in [2.45, 2.75) is 18.8 Å². The molecule has 0 radical (unpaired) electrons. The number of nitrogens with zero attached hydrogens (tertiary/aromatic N) is 3. The van der Waals surface area contributed by atoms with Crippen LogP contribution < -0.4 is 14.2 Å². The summed E-state index contributed by atoms with van der Waals surface area (Å²) in [5.41, 5.74) is 0.335. The molecule has 0 spiro atoms. The van der Waals surface area contributed by atoms with Crippen LogP contribution in [0.25, 0.3) is 10.2 Å². The van der Waals surface area contributed by atoms with Gasteiger partial charge in [0, 0.05) is 30.1 Å². The van der Waals surface area contributed by atoms with Crippen LogP contribution in [-0.2, 0) is 0 Å². The number of ether oxygens (including phenoxy) is 3. The number of aromatic nitrogens is 1. The molecule has 4 rings (SSSR count). The first-order chi connectivity index (χ1) is 15.9. The maximum atomic E-state index is 13.3. The molecule has 0 N–H and O–H groups in total. The van der Waals surface area contributed by atoms with E-state index in [-0.39, 0.29) is 28.7 Å². The van der Waals surface area contributed by atoms with Crippen molar-refractivity contribution in [1.82, 2.24) is 9.88 Å². The van der Waals surface area contributed by atoms with Crippen LogP contribution in [0.5, 0.6) is 17.2 Å². The second-order valence-electron chi connectivity index (χ2n) is 7.53. The van der Waals surface area contributed by atoms with Gasteiger partial charge < -0.3 is 19.1 Å². The fourth-order valence-corrected chi connectivity index (χ4v) is 5.36. The SMILES string of the molecule is COc1cc(C(=O)N2CCC(c3nc4cc(Cl)ccc4s3)CC2)c([N+](=O)[O-])c(OC)c1OC. The average molecular weight is 492 g/mol. The third kappa shape index (κ3) is 4.28. The van der Waals surface area contributed by atoms with Crippen molar-refractivity contribution in [2.24, 2.45) is 0 Å². The molecular weight excluding hydrogens is 470 g/mol. The Morgan fingerprint density at radius 2 is 1.85 bits per heavy atom. The van der Waals surface area contributed by atoms with Gasteiger partial charge in [0.1, 0.15) is 5.56 Å². The van der Waals surface area contributed by atoms with Gasteiger partial charge in [-0.2, -0.15) is 0 Å². The predicted molar refractivity (Wildman–Crippen MR) is 125 cm³/mol. The van der Waals surface area contributed by atoms with Crippen molar-refractivity contribution in [3.8, 4) is 17.2 Å². The third-order valence-corrected chi connectivity index (χ3v) is 7.15. The number of hydrogen-bond acceptors (Lipinski definition) is 8. The van der Waals surface area contributed by atoms with Crippen molar-refractivity contribution in [3.05, 3.63) is 50.0 Å². The number of nitro groups is 1. The summed E-state index contributed by atoms with van der Waals surface area (Å²) in [6, 6.07) is 6.99. The third-order valence-electron chi connectivity index (χ3n) is 5.71. The molecule has 3 aromatic rings. The molecule has 0 aliphatic carbocycles. The van der Waals surface area contributed by atoms with Crippen molar-refractivity contribution in [2.75, 3.05) is 34.4 Å². The molecule has 2 heterocycles. The molecule has 1 saturated heterocycles. The van der Waals surface area contributed by atoms with E-state index in [1.54, 1.807) is 16.2 Å². The quantitative estimate of drug-likeness (QED) is 0.356. The summed E-state index contributed by atoms with van der Waals surface area (Å²) in [6.07, 6.45) is 1.41. The van der Waals surface area contributed by atoms with E-state index < -0.39 is 16.5 Å². The molecule has 0 atom stereocenters. The molecule has 2 aromatic carbocycles. The summed E-state index contributed by atoms with van der Waals surface area (Å²) in [5, 5.41) is 13.5. The van der Waals surface area contributed by atoms with Gasteiger partial charge in [0.25, 0.3) is 5.91 Å². The van der Waals surface area contributed by atoms with Gasteiger partial charge in [-0.1, -0.05) is 11.6 Å². The smallest absolute Gasteiger partial charge is 0.327 e. The van der Waals surface area contributed by atoms with E-state index in [1.165, 1.54) is 27.4 Å². The largest absolute Gasteiger partial charge is 0.493 e. The number of piperidine rings is 1. The van der Waals surface area contributed by atoms with Gasteiger partial charge in [0.2, 0.25) is 11.5 Å². The molecule has 174 valence electrons. The van der Waals surface area contributed by atoms with Crippen LogP contribution in [-0.4, -0.2) is 55.1 Å². The number of likely N-dealkylation sites (tertiary alicyclic amines) is 1. The number of halogens is 1. The molecule has 11 heteroatoms. The Morgan fingerprint density at radius 3 is 2.45 bits per heavy atom. The van der Waals surface area contributed by atoms with Crippen molar-refractivity contribution in [3.63, 3.8) is 0 Å². The Balaban J connectivity index is 1.58. The first-order valence-corrected chi connectivity index (χ1v) is 11.4. The highest BCUT2D eigenvalue weighted by atomic mass is 35.5. The summed E-state index contributed by atoms with van der Waals surface area (Å²) in [7, 11) is 4.04. The number of carbonyl (C=O) groups excluding carboxylic acids is 1. The van der Waals surface area contributed by atoms with Crippen LogP contribution >= 0.6 is 22.9 Å². The summed E-state index contributed by atoms with van der Waals surface area (Å²) in [4.78, 5) is 30.9. The van der Waals surface area contributed by atoms with Gasteiger partial charge in [-0.3, -0.25) is 14.9 Å². The fourth-order valence-electron chi connectivity index (χ4n) is 4.08. The van der Waals surface area contributed by atoms with Crippen LogP contribution in [0, 0.1) is 10.1 Å². The number of carbonyl (C=O) groups is 1. The van der Waals surface area contributed by atoms with E-state index in [0.717, 1.165) is 15.2 Å². The minimum absolute atomic E-state index is 0.0675. The highest BCUT2D eigenvalue weighted by Gasteiger charge is 2.35. The lowest BCUT2D eigenvalue weighted by molar-refractivity contribution is -0.386. The molecule has 0 saturated carbocycles. The second-order valence-corrected chi connectivity index (χ2v) is 9.03. The molecule has 1 aromatic heterocycles. The molecule has 1 amide bonds. The lowest BCUT2D eigenvalue weighted by Gasteiger charge is -2.31. The Kier molecular flexibility index (Phi) is 6.57. The zero-order chi connectivity index (χ0) is 23.7. The minimum atomic E-state index is -0.632. The van der Waals surface area contributed by atoms with Gasteiger partial charge in [0.15, 0.2) is 5.75 Å². The number of hydrogen-bond donors (Lipinski definition) is 0. The van der Waals surface area contributed by atoms with E-state index in [2.05, 4.69) is 0 Å². The zero-order valence-electron chi connectivity index (χ0n) is 18.3. The Bertz CT molecular complexity index is 1220. The van der Waals surface area contributed by atoms with E-state index in [0.29, 0.717) is 31.0 Å². The number of benzene rings is 2. The molecule has 0 bridgehead atoms. The van der Waals surface area contributed by atoms with Gasteiger partial charge in [-0.05, 0) is 31.0 Å². The molecule has 9 nitrogen and oxygen atoms in total. The average Bonchev–Trinajstić information content (AvgIpc) is 3.25. The summed E-state index contributed by atoms with van der Waals surface area (Å²) >= 11 is 7.70. The topological polar surface area (TPSA) is 104 Å². The van der Waals surface area contributed by atoms with E-state index in [4.69, 9.17) is 30.8 Å². The van der Waals surface area contributed by atoms with Crippen LogP contribution in [0.3, 0.4) is 0 Å². The van der Waals surface area contributed by atoms with Crippen molar-refractivity contribution < 1.29 is 23.9 Å². The van der Waals surface area contributed by atoms with Gasteiger partial charge >= 0.3 is 5.69 Å². The number of nitro benzene ring substituents is 1. The summed E-state index contributed by atoms with van der Waals surface area (Å²) < 4.78 is 16.8.